The van der Waals surface area contributed by atoms with Crippen molar-refractivity contribution in [3.63, 3.8) is 0 Å². The lowest BCUT2D eigenvalue weighted by molar-refractivity contribution is 0.476. The third-order valence-electron chi connectivity index (χ3n) is 4.85. The van der Waals surface area contributed by atoms with Gasteiger partial charge in [-0.1, -0.05) is 48.0 Å². The second-order valence-corrected chi connectivity index (χ2v) is 6.78. The van der Waals surface area contributed by atoms with Crippen LogP contribution in [0.25, 0.3) is 33.1 Å². The first-order valence-electron chi connectivity index (χ1n) is 9.20. The average Bonchev–Trinajstić information content (AvgIpc) is 3.22. The number of imidazole rings is 1. The molecule has 5 aromatic rings. The van der Waals surface area contributed by atoms with Crippen molar-refractivity contribution in [3.05, 3.63) is 82.9 Å². The predicted octanol–water partition coefficient (Wildman–Crippen LogP) is 4.05. The molecule has 0 aliphatic heterocycles. The molecule has 7 nitrogen and oxygen atoms in total. The van der Waals surface area contributed by atoms with E-state index in [9.17, 15) is 4.79 Å². The Bertz CT molecular complexity index is 1400. The molecule has 2 aromatic carbocycles. The summed E-state index contributed by atoms with van der Waals surface area (Å²) in [7, 11) is 0. The second-order valence-electron chi connectivity index (χ2n) is 6.78. The predicted molar refractivity (Wildman–Crippen MR) is 112 cm³/mol. The van der Waals surface area contributed by atoms with Crippen LogP contribution >= 0.6 is 0 Å². The van der Waals surface area contributed by atoms with Crippen LogP contribution in [0.1, 0.15) is 11.3 Å². The van der Waals surface area contributed by atoms with Crippen molar-refractivity contribution >= 4 is 27.8 Å². The fourth-order valence-electron chi connectivity index (χ4n) is 3.55. The van der Waals surface area contributed by atoms with E-state index < -0.39 is 0 Å². The molecule has 0 saturated carbocycles. The molecule has 142 valence electrons. The van der Waals surface area contributed by atoms with E-state index in [0.29, 0.717) is 28.1 Å². The number of nitrogens with one attached hydrogen (secondary N) is 2. The maximum Gasteiger partial charge on any atom is 0.343 e. The number of hydrogen-bond acceptors (Lipinski definition) is 6. The quantitative estimate of drug-likeness (QED) is 0.486. The van der Waals surface area contributed by atoms with Crippen LogP contribution in [0, 0.1) is 6.92 Å². The third-order valence-corrected chi connectivity index (χ3v) is 4.85. The highest BCUT2D eigenvalue weighted by atomic mass is 16.4. The minimum absolute atomic E-state index is 0.280. The SMILES string of the molecule is Cc1cccc(-c2c(CNc3ncnc4[nH]cnc34)oc(=O)c3ccccc23)c1. The maximum atomic E-state index is 12.6. The first-order chi connectivity index (χ1) is 14.2. The summed E-state index contributed by atoms with van der Waals surface area (Å²) in [5.41, 5.74) is 3.93. The highest BCUT2D eigenvalue weighted by molar-refractivity contribution is 5.96. The Kier molecular flexibility index (Phi) is 4.05. The molecule has 0 saturated heterocycles. The van der Waals surface area contributed by atoms with Gasteiger partial charge in [-0.25, -0.2) is 19.7 Å². The monoisotopic (exact) mass is 383 g/mol. The van der Waals surface area contributed by atoms with Gasteiger partial charge in [-0.05, 0) is 18.6 Å². The number of H-pyrrole nitrogens is 1. The number of fused-ring (bicyclic) bond motifs is 2. The van der Waals surface area contributed by atoms with Crippen LogP contribution in [0.5, 0.6) is 0 Å². The molecule has 0 amide bonds. The molecule has 0 aliphatic rings. The summed E-state index contributed by atoms with van der Waals surface area (Å²) in [4.78, 5) is 28.2. The van der Waals surface area contributed by atoms with Crippen molar-refractivity contribution in [2.75, 3.05) is 5.32 Å². The molecule has 2 N–H and O–H groups in total. The Balaban J connectivity index is 1.66. The molecule has 0 aliphatic carbocycles. The number of aromatic nitrogens is 4. The van der Waals surface area contributed by atoms with Crippen LogP contribution in [0.4, 0.5) is 5.82 Å². The van der Waals surface area contributed by atoms with Crippen molar-refractivity contribution in [1.82, 2.24) is 19.9 Å². The fraction of sp³-hybridized carbons (Fsp3) is 0.0909. The number of aromatic amines is 1. The Morgan fingerprint density at radius 3 is 2.76 bits per heavy atom. The summed E-state index contributed by atoms with van der Waals surface area (Å²) in [6.07, 6.45) is 3.03. The van der Waals surface area contributed by atoms with E-state index in [4.69, 9.17) is 4.42 Å². The molecule has 3 aromatic heterocycles. The molecule has 0 fully saturated rings. The van der Waals surface area contributed by atoms with Gasteiger partial charge in [0, 0.05) is 10.9 Å². The molecular formula is C22H17N5O2. The van der Waals surface area contributed by atoms with Crippen molar-refractivity contribution in [3.8, 4) is 11.1 Å². The zero-order chi connectivity index (χ0) is 19.8. The minimum Gasteiger partial charge on any atom is -0.425 e. The number of anilines is 1. The Hall–Kier alpha value is -4.00. The molecule has 0 radical (unpaired) electrons. The molecule has 0 unspecified atom stereocenters. The number of hydrogen-bond donors (Lipinski definition) is 2. The van der Waals surface area contributed by atoms with E-state index in [0.717, 1.165) is 22.1 Å². The van der Waals surface area contributed by atoms with Gasteiger partial charge in [0.05, 0.1) is 18.3 Å². The van der Waals surface area contributed by atoms with Gasteiger partial charge in [0.15, 0.2) is 11.5 Å². The zero-order valence-corrected chi connectivity index (χ0v) is 15.6. The molecule has 3 heterocycles. The number of aryl methyl sites for hydroxylation is 1. The highest BCUT2D eigenvalue weighted by Crippen LogP contribution is 2.31. The molecule has 7 heteroatoms. The molecule has 5 rings (SSSR count). The summed E-state index contributed by atoms with van der Waals surface area (Å²) in [6.45, 7) is 2.32. The third kappa shape index (κ3) is 3.02. The maximum absolute atomic E-state index is 12.6. The van der Waals surface area contributed by atoms with Gasteiger partial charge in [0.1, 0.15) is 17.6 Å². The van der Waals surface area contributed by atoms with E-state index >= 15 is 0 Å². The van der Waals surface area contributed by atoms with Crippen LogP contribution in [-0.4, -0.2) is 19.9 Å². The summed E-state index contributed by atoms with van der Waals surface area (Å²) >= 11 is 0. The Labute approximate surface area is 165 Å². The van der Waals surface area contributed by atoms with Crippen LogP contribution < -0.4 is 10.9 Å². The van der Waals surface area contributed by atoms with Crippen LogP contribution in [0.15, 0.2) is 70.4 Å². The number of rotatable bonds is 4. The van der Waals surface area contributed by atoms with E-state index in [-0.39, 0.29) is 12.2 Å². The Morgan fingerprint density at radius 2 is 1.90 bits per heavy atom. The van der Waals surface area contributed by atoms with Crippen molar-refractivity contribution in [2.24, 2.45) is 0 Å². The molecule has 0 bridgehead atoms. The minimum atomic E-state index is -0.360. The van der Waals surface area contributed by atoms with E-state index in [2.05, 4.69) is 31.3 Å². The van der Waals surface area contributed by atoms with E-state index in [1.807, 2.05) is 43.3 Å². The first-order valence-corrected chi connectivity index (χ1v) is 9.20. The first kappa shape index (κ1) is 17.1. The number of nitrogens with zero attached hydrogens (tertiary/aromatic N) is 3. The normalized spacial score (nSPS) is 11.2. The summed E-state index contributed by atoms with van der Waals surface area (Å²) < 4.78 is 5.74. The molecule has 0 spiro atoms. The van der Waals surface area contributed by atoms with Crippen molar-refractivity contribution in [2.45, 2.75) is 13.5 Å². The lowest BCUT2D eigenvalue weighted by Gasteiger charge is -2.13. The van der Waals surface area contributed by atoms with Crippen LogP contribution in [0.2, 0.25) is 0 Å². The fourth-order valence-corrected chi connectivity index (χ4v) is 3.55. The van der Waals surface area contributed by atoms with E-state index in [1.54, 1.807) is 12.4 Å². The highest BCUT2D eigenvalue weighted by Gasteiger charge is 2.16. The summed E-state index contributed by atoms with van der Waals surface area (Å²) in [5, 5.41) is 4.66. The standard InChI is InChI=1S/C22H17N5O2/c1-13-5-4-6-14(9-13)18-15-7-2-3-8-16(15)22(28)29-17(18)10-23-20-19-21(25-11-24-19)27-12-26-20/h2-9,11-12H,10H2,1H3,(H2,23,24,25,26,27). The van der Waals surface area contributed by atoms with Gasteiger partial charge in [-0.2, -0.15) is 0 Å². The van der Waals surface area contributed by atoms with Gasteiger partial charge in [-0.3, -0.25) is 0 Å². The topological polar surface area (TPSA) is 96.7 Å². The smallest absolute Gasteiger partial charge is 0.343 e. The van der Waals surface area contributed by atoms with Gasteiger partial charge >= 0.3 is 5.63 Å². The van der Waals surface area contributed by atoms with Gasteiger partial charge in [-0.15, -0.1) is 0 Å². The Morgan fingerprint density at radius 1 is 1.03 bits per heavy atom. The van der Waals surface area contributed by atoms with Crippen LogP contribution in [0.3, 0.4) is 0 Å². The largest absolute Gasteiger partial charge is 0.425 e. The van der Waals surface area contributed by atoms with Gasteiger partial charge in [0.2, 0.25) is 0 Å². The molecule has 29 heavy (non-hydrogen) atoms. The van der Waals surface area contributed by atoms with Gasteiger partial charge in [0.25, 0.3) is 0 Å². The zero-order valence-electron chi connectivity index (χ0n) is 15.6. The summed E-state index contributed by atoms with van der Waals surface area (Å²) in [5.74, 6) is 1.11. The molecular weight excluding hydrogens is 366 g/mol. The summed E-state index contributed by atoms with van der Waals surface area (Å²) in [6, 6.07) is 15.6. The van der Waals surface area contributed by atoms with Crippen molar-refractivity contribution < 1.29 is 4.42 Å². The van der Waals surface area contributed by atoms with Gasteiger partial charge < -0.3 is 14.7 Å². The average molecular weight is 383 g/mol. The second kappa shape index (κ2) is 6.87. The van der Waals surface area contributed by atoms with Crippen molar-refractivity contribution in [1.29, 1.82) is 0 Å². The van der Waals surface area contributed by atoms with E-state index in [1.165, 1.54) is 6.33 Å². The molecule has 0 atom stereocenters. The lowest BCUT2D eigenvalue weighted by atomic mass is 9.97. The number of benzene rings is 2. The lowest BCUT2D eigenvalue weighted by Crippen LogP contribution is -2.10. The van der Waals surface area contributed by atoms with Crippen LogP contribution in [-0.2, 0) is 6.54 Å².